The fourth-order valence-electron chi connectivity index (χ4n) is 3.40. The molecule has 3 aromatic rings. The van der Waals surface area contributed by atoms with Gasteiger partial charge in [-0.1, -0.05) is 72.8 Å². The largest absolute Gasteiger partial charge is 0.497 e. The van der Waals surface area contributed by atoms with Gasteiger partial charge in [-0.05, 0) is 39.9 Å². The summed E-state index contributed by atoms with van der Waals surface area (Å²) in [4.78, 5) is 0. The summed E-state index contributed by atoms with van der Waals surface area (Å²) < 4.78 is 5.22. The average Bonchev–Trinajstić information content (AvgIpc) is 3.11. The summed E-state index contributed by atoms with van der Waals surface area (Å²) in [6.07, 6.45) is 4.35. The van der Waals surface area contributed by atoms with Crippen LogP contribution in [0.25, 0.3) is 12.2 Å². The molecule has 2 nitrogen and oxygen atoms in total. The number of hydrogen-bond acceptors (Lipinski definition) is 2. The van der Waals surface area contributed by atoms with Crippen LogP contribution in [0, 0.1) is 0 Å². The molecule has 1 unspecified atom stereocenters. The second-order valence-electron chi connectivity index (χ2n) is 6.25. The van der Waals surface area contributed by atoms with Crippen LogP contribution >= 0.6 is 0 Å². The van der Waals surface area contributed by atoms with Crippen LogP contribution in [-0.2, 0) is 6.54 Å². The minimum absolute atomic E-state index is 0.257. The van der Waals surface area contributed by atoms with Gasteiger partial charge >= 0.3 is 0 Å². The number of nitrogens with one attached hydrogen (secondary N) is 1. The predicted molar refractivity (Wildman–Crippen MR) is 103 cm³/mol. The highest BCUT2D eigenvalue weighted by Gasteiger charge is 2.23. The summed E-state index contributed by atoms with van der Waals surface area (Å²) in [5, 5.41) is 3.64. The molecule has 124 valence electrons. The molecule has 0 amide bonds. The van der Waals surface area contributed by atoms with E-state index >= 15 is 0 Å². The Hall–Kier alpha value is -2.84. The highest BCUT2D eigenvalue weighted by atomic mass is 16.5. The van der Waals surface area contributed by atoms with Gasteiger partial charge in [0.2, 0.25) is 0 Å². The van der Waals surface area contributed by atoms with Gasteiger partial charge in [0.25, 0.3) is 0 Å². The van der Waals surface area contributed by atoms with Crippen molar-refractivity contribution in [2.75, 3.05) is 7.11 Å². The normalized spacial score (nSPS) is 16.1. The van der Waals surface area contributed by atoms with Gasteiger partial charge in [-0.15, -0.1) is 0 Å². The molecular formula is C23H21NO. The van der Waals surface area contributed by atoms with Crippen LogP contribution < -0.4 is 10.1 Å². The molecular weight excluding hydrogens is 306 g/mol. The lowest BCUT2D eigenvalue weighted by molar-refractivity contribution is 0.415. The molecule has 0 saturated heterocycles. The van der Waals surface area contributed by atoms with E-state index < -0.39 is 0 Å². The van der Waals surface area contributed by atoms with Gasteiger partial charge in [-0.2, -0.15) is 0 Å². The first-order chi connectivity index (χ1) is 12.3. The Morgan fingerprint density at radius 2 is 1.56 bits per heavy atom. The molecule has 4 rings (SSSR count). The minimum Gasteiger partial charge on any atom is -0.497 e. The molecule has 1 aliphatic heterocycles. The van der Waals surface area contributed by atoms with Gasteiger partial charge < -0.3 is 10.1 Å². The molecule has 0 aliphatic carbocycles. The van der Waals surface area contributed by atoms with Crippen molar-refractivity contribution < 1.29 is 4.74 Å². The molecule has 0 radical (unpaired) electrons. The maximum Gasteiger partial charge on any atom is 0.118 e. The first kappa shape index (κ1) is 15.7. The number of methoxy groups -OCH3 is 1. The second kappa shape index (κ2) is 6.96. The maximum absolute atomic E-state index is 5.22. The van der Waals surface area contributed by atoms with Crippen LogP contribution in [0.2, 0.25) is 0 Å². The zero-order chi connectivity index (χ0) is 17.1. The molecule has 1 N–H and O–H groups in total. The standard InChI is InChI=1S/C23H21NO/c1-25-20-14-11-17(12-15-20)10-13-18-6-2-4-8-21(18)23-22-9-5-3-7-19(22)16-24-23/h2-15,23-24H,16H2,1H3/b13-10+. The molecule has 1 atom stereocenters. The summed E-state index contributed by atoms with van der Waals surface area (Å²) in [6.45, 7) is 0.928. The van der Waals surface area contributed by atoms with Crippen molar-refractivity contribution in [1.29, 1.82) is 0 Å². The molecule has 25 heavy (non-hydrogen) atoms. The first-order valence-electron chi connectivity index (χ1n) is 8.57. The Kier molecular flexibility index (Phi) is 4.36. The number of hydrogen-bond donors (Lipinski definition) is 1. The highest BCUT2D eigenvalue weighted by Crippen LogP contribution is 2.33. The lowest BCUT2D eigenvalue weighted by atomic mass is 9.94. The zero-order valence-corrected chi connectivity index (χ0v) is 14.3. The molecule has 1 aliphatic rings. The van der Waals surface area contributed by atoms with E-state index in [0.717, 1.165) is 17.9 Å². The molecule has 2 heteroatoms. The summed E-state index contributed by atoms with van der Waals surface area (Å²) in [5.74, 6) is 0.879. The zero-order valence-electron chi connectivity index (χ0n) is 14.3. The van der Waals surface area contributed by atoms with Crippen molar-refractivity contribution >= 4 is 12.2 Å². The molecule has 3 aromatic carbocycles. The van der Waals surface area contributed by atoms with Crippen molar-refractivity contribution in [3.63, 3.8) is 0 Å². The van der Waals surface area contributed by atoms with E-state index in [9.17, 15) is 0 Å². The Morgan fingerprint density at radius 1 is 0.840 bits per heavy atom. The fourth-order valence-corrected chi connectivity index (χ4v) is 3.40. The smallest absolute Gasteiger partial charge is 0.118 e. The molecule has 1 heterocycles. The van der Waals surface area contributed by atoms with E-state index in [1.165, 1.54) is 22.3 Å². The van der Waals surface area contributed by atoms with E-state index in [-0.39, 0.29) is 6.04 Å². The van der Waals surface area contributed by atoms with E-state index in [1.54, 1.807) is 7.11 Å². The summed E-state index contributed by atoms with van der Waals surface area (Å²) in [7, 11) is 1.69. The minimum atomic E-state index is 0.257. The van der Waals surface area contributed by atoms with Crippen molar-refractivity contribution in [3.05, 3.63) is 101 Å². The van der Waals surface area contributed by atoms with Crippen LogP contribution in [0.15, 0.2) is 72.8 Å². The highest BCUT2D eigenvalue weighted by molar-refractivity contribution is 5.72. The Labute approximate surface area is 148 Å². The first-order valence-corrected chi connectivity index (χ1v) is 8.57. The Bertz CT molecular complexity index is 896. The van der Waals surface area contributed by atoms with E-state index in [1.807, 2.05) is 12.1 Å². The van der Waals surface area contributed by atoms with Gasteiger partial charge in [0.15, 0.2) is 0 Å². The third-order valence-corrected chi connectivity index (χ3v) is 4.74. The van der Waals surface area contributed by atoms with Gasteiger partial charge in [-0.25, -0.2) is 0 Å². The van der Waals surface area contributed by atoms with E-state index in [0.29, 0.717) is 0 Å². The van der Waals surface area contributed by atoms with Crippen LogP contribution in [0.5, 0.6) is 5.75 Å². The maximum atomic E-state index is 5.22. The topological polar surface area (TPSA) is 21.3 Å². The molecule has 0 saturated carbocycles. The quantitative estimate of drug-likeness (QED) is 0.676. The molecule has 0 fully saturated rings. The van der Waals surface area contributed by atoms with Crippen molar-refractivity contribution in [1.82, 2.24) is 5.32 Å². The second-order valence-corrected chi connectivity index (χ2v) is 6.25. The van der Waals surface area contributed by atoms with Crippen LogP contribution in [0.4, 0.5) is 0 Å². The van der Waals surface area contributed by atoms with E-state index in [2.05, 4.69) is 78.1 Å². The average molecular weight is 327 g/mol. The summed E-state index contributed by atoms with van der Waals surface area (Å²) >= 11 is 0. The lowest BCUT2D eigenvalue weighted by Gasteiger charge is -2.15. The van der Waals surface area contributed by atoms with Gasteiger partial charge in [0.1, 0.15) is 5.75 Å². The molecule has 0 aromatic heterocycles. The number of rotatable bonds is 4. The van der Waals surface area contributed by atoms with Crippen molar-refractivity contribution in [3.8, 4) is 5.75 Å². The fraction of sp³-hybridized carbons (Fsp3) is 0.130. The van der Waals surface area contributed by atoms with Crippen LogP contribution in [0.3, 0.4) is 0 Å². The monoisotopic (exact) mass is 327 g/mol. The third kappa shape index (κ3) is 3.21. The summed E-state index contributed by atoms with van der Waals surface area (Å²) in [6, 6.07) is 25.6. The van der Waals surface area contributed by atoms with Gasteiger partial charge in [-0.3, -0.25) is 0 Å². The van der Waals surface area contributed by atoms with E-state index in [4.69, 9.17) is 4.74 Å². The van der Waals surface area contributed by atoms with Gasteiger partial charge in [0.05, 0.1) is 13.2 Å². The molecule has 0 bridgehead atoms. The SMILES string of the molecule is COc1ccc(/C=C/c2ccccc2C2NCc3ccccc32)cc1. The van der Waals surface area contributed by atoms with Crippen LogP contribution in [0.1, 0.15) is 33.9 Å². The lowest BCUT2D eigenvalue weighted by Crippen LogP contribution is -2.14. The number of fused-ring (bicyclic) bond motifs is 1. The van der Waals surface area contributed by atoms with Gasteiger partial charge in [0, 0.05) is 6.54 Å². The number of benzene rings is 3. The van der Waals surface area contributed by atoms with Crippen molar-refractivity contribution in [2.24, 2.45) is 0 Å². The summed E-state index contributed by atoms with van der Waals surface area (Å²) in [5.41, 5.74) is 6.49. The number of ether oxygens (including phenoxy) is 1. The van der Waals surface area contributed by atoms with Crippen molar-refractivity contribution in [2.45, 2.75) is 12.6 Å². The predicted octanol–water partition coefficient (Wildman–Crippen LogP) is 5.06. The Balaban J connectivity index is 1.64. The Morgan fingerprint density at radius 3 is 2.36 bits per heavy atom. The third-order valence-electron chi connectivity index (χ3n) is 4.74. The molecule has 0 spiro atoms. The van der Waals surface area contributed by atoms with Crippen LogP contribution in [-0.4, -0.2) is 7.11 Å².